The number of hydrogen-bond acceptors (Lipinski definition) is 3. The predicted molar refractivity (Wildman–Crippen MR) is 110 cm³/mol. The molecule has 3 aliphatic rings. The minimum atomic E-state index is -4.37. The van der Waals surface area contributed by atoms with Gasteiger partial charge in [0.2, 0.25) is 0 Å². The number of benzene rings is 1. The fourth-order valence-electron chi connectivity index (χ4n) is 5.58. The van der Waals surface area contributed by atoms with Crippen LogP contribution in [0.15, 0.2) is 24.3 Å². The molecule has 2 unspecified atom stereocenters. The molecule has 1 heterocycles. The minimum Gasteiger partial charge on any atom is -0.323 e. The zero-order valence-electron chi connectivity index (χ0n) is 18.3. The molecule has 4 rings (SSSR count). The van der Waals surface area contributed by atoms with Crippen LogP contribution < -0.4 is 5.32 Å². The number of carbonyl (C=O) groups is 2. The zero-order valence-corrected chi connectivity index (χ0v) is 18.3. The number of amides is 3. The number of rotatable bonds is 5. The van der Waals surface area contributed by atoms with Crippen LogP contribution in [-0.4, -0.2) is 40.0 Å². The van der Waals surface area contributed by atoms with E-state index >= 15 is 0 Å². The fraction of sp³-hybridized carbons (Fsp3) is 0.652. The summed E-state index contributed by atoms with van der Waals surface area (Å²) in [7, 11) is 0. The first kappa shape index (κ1) is 22.1. The summed E-state index contributed by atoms with van der Waals surface area (Å²) in [5.41, 5.74) is -0.831. The summed E-state index contributed by atoms with van der Waals surface area (Å²) < 4.78 is 38.5. The van der Waals surface area contributed by atoms with E-state index in [1.807, 2.05) is 4.90 Å². The maximum atomic E-state index is 13.4. The summed E-state index contributed by atoms with van der Waals surface area (Å²) in [4.78, 5) is 29.5. The summed E-state index contributed by atoms with van der Waals surface area (Å²) >= 11 is 0. The largest absolute Gasteiger partial charge is 0.416 e. The van der Waals surface area contributed by atoms with E-state index in [9.17, 15) is 22.8 Å². The van der Waals surface area contributed by atoms with Crippen LogP contribution in [0, 0.1) is 11.3 Å². The van der Waals surface area contributed by atoms with Crippen molar-refractivity contribution in [1.82, 2.24) is 15.1 Å². The van der Waals surface area contributed by atoms with E-state index in [1.165, 1.54) is 17.0 Å². The summed E-state index contributed by atoms with van der Waals surface area (Å²) in [6.07, 6.45) is -0.180. The molecule has 1 saturated heterocycles. The van der Waals surface area contributed by atoms with Crippen LogP contribution in [-0.2, 0) is 17.5 Å². The molecule has 1 aromatic carbocycles. The van der Waals surface area contributed by atoms with E-state index in [0.29, 0.717) is 25.3 Å². The molecule has 2 aliphatic carbocycles. The van der Waals surface area contributed by atoms with Gasteiger partial charge < -0.3 is 5.32 Å². The Kier molecular flexibility index (Phi) is 5.35. The van der Waals surface area contributed by atoms with Crippen molar-refractivity contribution >= 4 is 11.9 Å². The van der Waals surface area contributed by atoms with E-state index in [-0.39, 0.29) is 30.1 Å². The Morgan fingerprint density at radius 2 is 1.77 bits per heavy atom. The van der Waals surface area contributed by atoms with Gasteiger partial charge in [-0.25, -0.2) is 9.69 Å². The number of carbonyl (C=O) groups excluding carboxylic acids is 2. The van der Waals surface area contributed by atoms with E-state index in [2.05, 4.69) is 26.1 Å². The van der Waals surface area contributed by atoms with Gasteiger partial charge in [-0.1, -0.05) is 32.9 Å². The number of hydrogen-bond donors (Lipinski definition) is 1. The second-order valence-corrected chi connectivity index (χ2v) is 10.4. The second kappa shape index (κ2) is 7.50. The van der Waals surface area contributed by atoms with Crippen molar-refractivity contribution in [3.8, 4) is 0 Å². The first-order valence-corrected chi connectivity index (χ1v) is 10.9. The molecule has 3 fully saturated rings. The lowest BCUT2D eigenvalue weighted by Gasteiger charge is -2.44. The maximum absolute atomic E-state index is 13.4. The van der Waals surface area contributed by atoms with Crippen LogP contribution in [0.2, 0.25) is 0 Å². The summed E-state index contributed by atoms with van der Waals surface area (Å²) in [5, 5.41) is 2.99. The van der Waals surface area contributed by atoms with Gasteiger partial charge in [-0.2, -0.15) is 13.2 Å². The third kappa shape index (κ3) is 4.59. The monoisotopic (exact) mass is 437 g/mol. The molecule has 0 radical (unpaired) electrons. The number of alkyl halides is 3. The van der Waals surface area contributed by atoms with Gasteiger partial charge >= 0.3 is 12.2 Å². The third-order valence-electron chi connectivity index (χ3n) is 6.68. The Hall–Kier alpha value is -2.09. The van der Waals surface area contributed by atoms with Gasteiger partial charge in [0, 0.05) is 12.6 Å². The second-order valence-electron chi connectivity index (χ2n) is 10.4. The van der Waals surface area contributed by atoms with Crippen LogP contribution >= 0.6 is 0 Å². The van der Waals surface area contributed by atoms with Crippen LogP contribution in [0.3, 0.4) is 0 Å². The molecule has 1 spiro atoms. The fourth-order valence-corrected chi connectivity index (χ4v) is 5.58. The van der Waals surface area contributed by atoms with Crippen LogP contribution in [0.5, 0.6) is 0 Å². The van der Waals surface area contributed by atoms with Gasteiger partial charge in [0.25, 0.3) is 5.91 Å². The Morgan fingerprint density at radius 1 is 1.13 bits per heavy atom. The van der Waals surface area contributed by atoms with Crippen molar-refractivity contribution in [3.05, 3.63) is 35.4 Å². The molecule has 2 saturated carbocycles. The van der Waals surface area contributed by atoms with Crippen molar-refractivity contribution in [2.45, 2.75) is 77.2 Å². The van der Waals surface area contributed by atoms with Crippen molar-refractivity contribution in [3.63, 3.8) is 0 Å². The van der Waals surface area contributed by atoms with Gasteiger partial charge in [0.15, 0.2) is 0 Å². The highest BCUT2D eigenvalue weighted by atomic mass is 19.4. The van der Waals surface area contributed by atoms with Gasteiger partial charge in [-0.15, -0.1) is 0 Å². The topological polar surface area (TPSA) is 52.7 Å². The quantitative estimate of drug-likeness (QED) is 0.676. The molecule has 1 aromatic rings. The summed E-state index contributed by atoms with van der Waals surface area (Å²) in [5.74, 6) is 0.162. The molecule has 1 aliphatic heterocycles. The van der Waals surface area contributed by atoms with Crippen molar-refractivity contribution in [1.29, 1.82) is 0 Å². The van der Waals surface area contributed by atoms with Crippen LogP contribution in [0.4, 0.5) is 18.0 Å². The molecule has 0 bridgehead atoms. The minimum absolute atomic E-state index is 0.0347. The molecule has 8 heteroatoms. The summed E-state index contributed by atoms with van der Waals surface area (Å²) in [6.45, 7) is 6.94. The Balaban J connectivity index is 1.49. The summed E-state index contributed by atoms with van der Waals surface area (Å²) in [6, 6.07) is 4.96. The smallest absolute Gasteiger partial charge is 0.323 e. The molecule has 5 nitrogen and oxygen atoms in total. The van der Waals surface area contributed by atoms with E-state index in [4.69, 9.17) is 0 Å². The van der Waals surface area contributed by atoms with Crippen molar-refractivity contribution < 1.29 is 22.8 Å². The molecular formula is C23H30F3N3O2. The van der Waals surface area contributed by atoms with Gasteiger partial charge in [0.1, 0.15) is 5.54 Å². The highest BCUT2D eigenvalue weighted by molar-refractivity contribution is 6.07. The molecule has 1 N–H and O–H groups in total. The highest BCUT2D eigenvalue weighted by Gasteiger charge is 2.56. The molecule has 3 amide bonds. The number of nitrogens with one attached hydrogen (secondary N) is 1. The van der Waals surface area contributed by atoms with Crippen LogP contribution in [0.1, 0.15) is 64.0 Å². The van der Waals surface area contributed by atoms with Crippen molar-refractivity contribution in [2.24, 2.45) is 11.3 Å². The van der Waals surface area contributed by atoms with E-state index < -0.39 is 17.3 Å². The normalized spacial score (nSPS) is 28.5. The molecule has 170 valence electrons. The average molecular weight is 438 g/mol. The van der Waals surface area contributed by atoms with Gasteiger partial charge in [-0.05, 0) is 61.1 Å². The van der Waals surface area contributed by atoms with Gasteiger partial charge in [0.05, 0.1) is 12.2 Å². The van der Waals surface area contributed by atoms with E-state index in [1.54, 1.807) is 0 Å². The molecule has 2 atom stereocenters. The first-order chi connectivity index (χ1) is 14.4. The first-order valence-electron chi connectivity index (χ1n) is 10.9. The van der Waals surface area contributed by atoms with E-state index in [0.717, 1.165) is 37.0 Å². The Bertz CT molecular complexity index is 864. The lowest BCUT2D eigenvalue weighted by molar-refractivity contribution is -0.138. The zero-order chi connectivity index (χ0) is 22.6. The number of halogens is 3. The third-order valence-corrected chi connectivity index (χ3v) is 6.68. The molecule has 31 heavy (non-hydrogen) atoms. The van der Waals surface area contributed by atoms with Gasteiger partial charge in [-0.3, -0.25) is 9.69 Å². The van der Waals surface area contributed by atoms with Crippen molar-refractivity contribution in [2.75, 3.05) is 6.67 Å². The SMILES string of the molecule is CC1CC(C)(C)CC2(C1)NC(=O)N(CN(Cc1ccc(C(F)(F)F)cc1)C1CC1)C2=O. The highest BCUT2D eigenvalue weighted by Crippen LogP contribution is 2.46. The lowest BCUT2D eigenvalue weighted by atomic mass is 9.64. The standard InChI is InChI=1S/C23H30F3N3O2/c1-15-10-21(2,3)13-22(11-15)19(30)29(20(31)27-22)14-28(18-8-9-18)12-16-4-6-17(7-5-16)23(24,25)26/h4-7,15,18H,8-14H2,1-3H3,(H,27,31). The molecule has 0 aromatic heterocycles. The Labute approximate surface area is 181 Å². The Morgan fingerprint density at radius 3 is 2.32 bits per heavy atom. The average Bonchev–Trinajstić information content (AvgIpc) is 3.44. The number of nitrogens with zero attached hydrogens (tertiary/aromatic N) is 2. The van der Waals surface area contributed by atoms with Crippen LogP contribution in [0.25, 0.3) is 0 Å². The lowest BCUT2D eigenvalue weighted by Crippen LogP contribution is -2.54. The number of imide groups is 1. The predicted octanol–water partition coefficient (Wildman–Crippen LogP) is 4.76. The maximum Gasteiger partial charge on any atom is 0.416 e. The molecular weight excluding hydrogens is 407 g/mol. The number of urea groups is 1.